The van der Waals surface area contributed by atoms with Gasteiger partial charge in [-0.1, -0.05) is 18.2 Å². The molecule has 0 aliphatic carbocycles. The number of nitro groups is 1. The summed E-state index contributed by atoms with van der Waals surface area (Å²) in [4.78, 5) is 29.7. The summed E-state index contributed by atoms with van der Waals surface area (Å²) < 4.78 is 5.74. The van der Waals surface area contributed by atoms with Gasteiger partial charge in [-0.25, -0.2) is 0 Å². The Balaban J connectivity index is 1.35. The van der Waals surface area contributed by atoms with Crippen LogP contribution in [0.1, 0.15) is 34.3 Å². The number of nitrogens with zero attached hydrogens (tertiary/aromatic N) is 3. The molecule has 0 saturated carbocycles. The zero-order valence-electron chi connectivity index (χ0n) is 17.6. The Bertz CT molecular complexity index is 1080. The number of aromatic nitrogens is 1. The average molecular weight is 432 g/mol. The second kappa shape index (κ2) is 9.91. The van der Waals surface area contributed by atoms with E-state index in [1.807, 2.05) is 41.3 Å². The van der Waals surface area contributed by atoms with E-state index < -0.39 is 4.92 Å². The summed E-state index contributed by atoms with van der Waals surface area (Å²) in [5.41, 5.74) is 2.70. The monoisotopic (exact) mass is 432 g/mol. The van der Waals surface area contributed by atoms with Gasteiger partial charge in [0.2, 0.25) is 0 Å². The SMILES string of the molecule is O=C(NCc1ccc(OCc2cccnc2)cc1)c1ccc(N2CCCC2)c([N+](=O)[O-])c1. The van der Waals surface area contributed by atoms with Crippen molar-refractivity contribution in [2.45, 2.75) is 26.0 Å². The van der Waals surface area contributed by atoms with Crippen molar-refractivity contribution in [1.29, 1.82) is 0 Å². The highest BCUT2D eigenvalue weighted by molar-refractivity contribution is 5.95. The highest BCUT2D eigenvalue weighted by atomic mass is 16.6. The number of hydrogen-bond donors (Lipinski definition) is 1. The smallest absolute Gasteiger partial charge is 0.293 e. The Labute approximate surface area is 186 Å². The molecule has 8 nitrogen and oxygen atoms in total. The Morgan fingerprint density at radius 3 is 2.56 bits per heavy atom. The Hall–Kier alpha value is -3.94. The van der Waals surface area contributed by atoms with Crippen LogP contribution in [-0.2, 0) is 13.2 Å². The zero-order chi connectivity index (χ0) is 22.3. The van der Waals surface area contributed by atoms with Crippen molar-refractivity contribution >= 4 is 17.3 Å². The lowest BCUT2D eigenvalue weighted by Gasteiger charge is -2.17. The molecule has 0 unspecified atom stereocenters. The van der Waals surface area contributed by atoms with E-state index in [2.05, 4.69) is 10.3 Å². The van der Waals surface area contributed by atoms with Gasteiger partial charge in [0.15, 0.2) is 0 Å². The molecular formula is C24H24N4O4. The maximum absolute atomic E-state index is 12.6. The summed E-state index contributed by atoms with van der Waals surface area (Å²) in [5, 5.41) is 14.4. The number of ether oxygens (including phenoxy) is 1. The van der Waals surface area contributed by atoms with E-state index in [1.165, 1.54) is 6.07 Å². The number of pyridine rings is 1. The Morgan fingerprint density at radius 1 is 1.09 bits per heavy atom. The molecule has 8 heteroatoms. The maximum atomic E-state index is 12.6. The van der Waals surface area contributed by atoms with Crippen molar-refractivity contribution < 1.29 is 14.5 Å². The molecule has 0 spiro atoms. The first-order chi connectivity index (χ1) is 15.6. The second-order valence-electron chi connectivity index (χ2n) is 7.63. The lowest BCUT2D eigenvalue weighted by molar-refractivity contribution is -0.384. The third-order valence-corrected chi connectivity index (χ3v) is 5.39. The van der Waals surface area contributed by atoms with Crippen LogP contribution in [-0.4, -0.2) is 28.9 Å². The van der Waals surface area contributed by atoms with Crippen LogP contribution in [0.5, 0.6) is 5.75 Å². The van der Waals surface area contributed by atoms with Crippen LogP contribution in [0.2, 0.25) is 0 Å². The largest absolute Gasteiger partial charge is 0.489 e. The number of nitrogens with one attached hydrogen (secondary N) is 1. The van der Waals surface area contributed by atoms with Crippen molar-refractivity contribution in [2.75, 3.05) is 18.0 Å². The number of amides is 1. The van der Waals surface area contributed by atoms with Crippen molar-refractivity contribution in [3.8, 4) is 5.75 Å². The van der Waals surface area contributed by atoms with Crippen LogP contribution >= 0.6 is 0 Å². The van der Waals surface area contributed by atoms with Crippen LogP contribution in [0.15, 0.2) is 67.0 Å². The molecule has 1 aliphatic heterocycles. The highest BCUT2D eigenvalue weighted by Gasteiger charge is 2.23. The van der Waals surface area contributed by atoms with E-state index in [-0.39, 0.29) is 17.2 Å². The molecule has 1 fully saturated rings. The van der Waals surface area contributed by atoms with Crippen molar-refractivity contribution in [1.82, 2.24) is 10.3 Å². The van der Waals surface area contributed by atoms with Gasteiger partial charge in [0.05, 0.1) is 4.92 Å². The topological polar surface area (TPSA) is 97.6 Å². The fraction of sp³-hybridized carbons (Fsp3) is 0.250. The van der Waals surface area contributed by atoms with Gasteiger partial charge in [-0.15, -0.1) is 0 Å². The molecule has 2 aromatic carbocycles. The van der Waals surface area contributed by atoms with Crippen LogP contribution < -0.4 is 15.0 Å². The summed E-state index contributed by atoms with van der Waals surface area (Å²) in [6.45, 7) is 2.34. The fourth-order valence-corrected chi connectivity index (χ4v) is 3.67. The molecule has 1 aliphatic rings. The van der Waals surface area contributed by atoms with Gasteiger partial charge in [0, 0.05) is 49.2 Å². The number of carbonyl (C=O) groups excluding carboxylic acids is 1. The van der Waals surface area contributed by atoms with Crippen molar-refractivity contribution in [3.05, 3.63) is 93.8 Å². The molecule has 0 radical (unpaired) electrons. The van der Waals surface area contributed by atoms with Gasteiger partial charge in [-0.2, -0.15) is 0 Å². The molecule has 1 aromatic heterocycles. The minimum atomic E-state index is -0.422. The van der Waals surface area contributed by atoms with Gasteiger partial charge >= 0.3 is 0 Å². The number of anilines is 1. The Morgan fingerprint density at radius 2 is 1.88 bits per heavy atom. The van der Waals surface area contributed by atoms with Crippen LogP contribution in [0, 0.1) is 10.1 Å². The van der Waals surface area contributed by atoms with Crippen molar-refractivity contribution in [3.63, 3.8) is 0 Å². The normalized spacial score (nSPS) is 13.1. The molecule has 0 bridgehead atoms. The van der Waals surface area contributed by atoms with Crippen LogP contribution in [0.25, 0.3) is 0 Å². The van der Waals surface area contributed by atoms with Gasteiger partial charge in [0.1, 0.15) is 18.0 Å². The standard InChI is InChI=1S/C24H24N4O4/c29-24(20-7-10-22(23(14-20)28(30)31)27-12-1-2-13-27)26-16-18-5-8-21(9-6-18)32-17-19-4-3-11-25-15-19/h3-11,14-15H,1-2,12-13,16-17H2,(H,26,29). The van der Waals surface area contributed by atoms with E-state index in [1.54, 1.807) is 24.5 Å². The lowest BCUT2D eigenvalue weighted by Crippen LogP contribution is -2.23. The first-order valence-electron chi connectivity index (χ1n) is 10.5. The molecule has 1 N–H and O–H groups in total. The van der Waals surface area contributed by atoms with E-state index >= 15 is 0 Å². The minimum Gasteiger partial charge on any atom is -0.489 e. The number of carbonyl (C=O) groups is 1. The first kappa shape index (κ1) is 21.3. The summed E-state index contributed by atoms with van der Waals surface area (Å²) in [5.74, 6) is 0.370. The zero-order valence-corrected chi connectivity index (χ0v) is 17.6. The highest BCUT2D eigenvalue weighted by Crippen LogP contribution is 2.31. The molecular weight excluding hydrogens is 408 g/mol. The number of rotatable bonds is 8. The fourth-order valence-electron chi connectivity index (χ4n) is 3.67. The van der Waals surface area contributed by atoms with Crippen LogP contribution in [0.4, 0.5) is 11.4 Å². The molecule has 32 heavy (non-hydrogen) atoms. The first-order valence-corrected chi connectivity index (χ1v) is 10.5. The average Bonchev–Trinajstić information content (AvgIpc) is 3.37. The molecule has 1 amide bonds. The number of benzene rings is 2. The third-order valence-electron chi connectivity index (χ3n) is 5.39. The Kier molecular flexibility index (Phi) is 6.60. The van der Waals surface area contributed by atoms with E-state index in [0.29, 0.717) is 18.8 Å². The van der Waals surface area contributed by atoms with Crippen LogP contribution in [0.3, 0.4) is 0 Å². The van der Waals surface area contributed by atoms with E-state index in [9.17, 15) is 14.9 Å². The summed E-state index contributed by atoms with van der Waals surface area (Å²) >= 11 is 0. The van der Waals surface area contributed by atoms with Gasteiger partial charge in [-0.3, -0.25) is 19.9 Å². The predicted molar refractivity (Wildman–Crippen MR) is 121 cm³/mol. The summed E-state index contributed by atoms with van der Waals surface area (Å²) in [6, 6.07) is 15.9. The summed E-state index contributed by atoms with van der Waals surface area (Å²) in [6.07, 6.45) is 5.51. The van der Waals surface area contributed by atoms with Gasteiger partial charge in [-0.05, 0) is 48.7 Å². The van der Waals surface area contributed by atoms with Gasteiger partial charge < -0.3 is 15.0 Å². The summed E-state index contributed by atoms with van der Waals surface area (Å²) in [7, 11) is 0. The molecule has 164 valence electrons. The quantitative estimate of drug-likeness (QED) is 0.425. The van der Waals surface area contributed by atoms with E-state index in [4.69, 9.17) is 4.74 Å². The number of hydrogen-bond acceptors (Lipinski definition) is 6. The number of nitro benzene ring substituents is 1. The van der Waals surface area contributed by atoms with Crippen molar-refractivity contribution in [2.24, 2.45) is 0 Å². The minimum absolute atomic E-state index is 0.0327. The van der Waals surface area contributed by atoms with Gasteiger partial charge in [0.25, 0.3) is 11.6 Å². The molecule has 1 saturated heterocycles. The molecule has 4 rings (SSSR count). The third kappa shape index (κ3) is 5.21. The predicted octanol–water partition coefficient (Wildman–Crippen LogP) is 4.10. The lowest BCUT2D eigenvalue weighted by atomic mass is 10.1. The molecule has 3 aromatic rings. The maximum Gasteiger partial charge on any atom is 0.293 e. The second-order valence-corrected chi connectivity index (χ2v) is 7.63. The molecule has 0 atom stereocenters. The molecule has 2 heterocycles. The van der Waals surface area contributed by atoms with E-state index in [0.717, 1.165) is 42.8 Å².